The number of rotatable bonds is 13. The second kappa shape index (κ2) is 22.5. The summed E-state index contributed by atoms with van der Waals surface area (Å²) in [6.45, 7) is 16.1. The van der Waals surface area contributed by atoms with Crippen LogP contribution in [0.2, 0.25) is 0 Å². The lowest BCUT2D eigenvalue weighted by Crippen LogP contribution is -2.47. The van der Waals surface area contributed by atoms with Crippen LogP contribution in [0.25, 0.3) is 0 Å². The fourth-order valence-corrected chi connectivity index (χ4v) is 2.97. The van der Waals surface area contributed by atoms with Gasteiger partial charge < -0.3 is 20.4 Å². The van der Waals surface area contributed by atoms with Crippen LogP contribution in [0.5, 0.6) is 0 Å². The van der Waals surface area contributed by atoms with Crippen molar-refractivity contribution in [1.82, 2.24) is 20.4 Å². The van der Waals surface area contributed by atoms with Crippen LogP contribution in [0.15, 0.2) is 48.0 Å². The topological polar surface area (TPSA) is 81.8 Å². The van der Waals surface area contributed by atoms with Gasteiger partial charge in [0.25, 0.3) is 0 Å². The highest BCUT2D eigenvalue weighted by Gasteiger charge is 2.19. The molecule has 1 atom stereocenters. The first-order chi connectivity index (χ1) is 17.8. The van der Waals surface area contributed by atoms with Gasteiger partial charge >= 0.3 is 0 Å². The smallest absolute Gasteiger partial charge is 0.242 e. The van der Waals surface area contributed by atoms with Crippen LogP contribution in [0.3, 0.4) is 0 Å². The summed E-state index contributed by atoms with van der Waals surface area (Å²) in [6.07, 6.45) is 6.78. The Balaban J connectivity index is 0. The first-order valence-corrected chi connectivity index (χ1v) is 13.7. The van der Waals surface area contributed by atoms with E-state index in [2.05, 4.69) is 60.5 Å². The van der Waals surface area contributed by atoms with Crippen molar-refractivity contribution in [2.24, 2.45) is 5.92 Å². The zero-order chi connectivity index (χ0) is 29.7. The molecule has 0 radical (unpaired) electrons. The summed E-state index contributed by atoms with van der Waals surface area (Å²) in [5.74, 6) is -0.0544. The van der Waals surface area contributed by atoms with Crippen LogP contribution in [0.4, 0.5) is 4.39 Å². The van der Waals surface area contributed by atoms with E-state index in [1.807, 2.05) is 13.0 Å². The standard InChI is InChI=1S/C18H32N4O3.C7H6BrF.C4H10/c1-6-8-9-10-12-21(4)17(24)14-22(5)16(23)13-20-18(25)15(19-3)11-7-2;1-5-4-6(9)2-3-7(5)8;1-4(2)3/h6-7,15,19H,1-2,8-14H2,3-5H3,(H,20,25);2-4H,1H3;4H,1-3H3. The van der Waals surface area contributed by atoms with E-state index >= 15 is 0 Å². The fraction of sp³-hybridized carbons (Fsp3) is 0.552. The van der Waals surface area contributed by atoms with Crippen molar-refractivity contribution < 1.29 is 18.8 Å². The Morgan fingerprint density at radius 3 is 2.13 bits per heavy atom. The summed E-state index contributed by atoms with van der Waals surface area (Å²) in [5.41, 5.74) is 0.926. The van der Waals surface area contributed by atoms with Crippen LogP contribution in [-0.2, 0) is 14.4 Å². The molecular weight excluding hydrogens is 551 g/mol. The van der Waals surface area contributed by atoms with Gasteiger partial charge in [-0.15, -0.1) is 13.2 Å². The quantitative estimate of drug-likeness (QED) is 0.244. The molecule has 3 amide bonds. The summed E-state index contributed by atoms with van der Waals surface area (Å²) in [6, 6.07) is 4.20. The van der Waals surface area contributed by atoms with Crippen LogP contribution < -0.4 is 10.6 Å². The molecule has 0 heterocycles. The minimum Gasteiger partial charge on any atom is -0.346 e. The highest BCUT2D eigenvalue weighted by molar-refractivity contribution is 9.10. The lowest BCUT2D eigenvalue weighted by molar-refractivity contribution is -0.138. The van der Waals surface area contributed by atoms with E-state index in [4.69, 9.17) is 0 Å². The van der Waals surface area contributed by atoms with Gasteiger partial charge in [0.05, 0.1) is 19.1 Å². The highest BCUT2D eigenvalue weighted by Crippen LogP contribution is 2.15. The predicted octanol–water partition coefficient (Wildman–Crippen LogP) is 5.10. The molecule has 1 unspecified atom stereocenters. The lowest BCUT2D eigenvalue weighted by atomic mass is 10.2. The maximum atomic E-state index is 12.3. The number of benzene rings is 1. The Hall–Kier alpha value is -2.52. The van der Waals surface area contributed by atoms with E-state index in [1.54, 1.807) is 38.2 Å². The summed E-state index contributed by atoms with van der Waals surface area (Å²) in [4.78, 5) is 39.0. The molecule has 0 bridgehead atoms. The molecule has 38 heavy (non-hydrogen) atoms. The maximum Gasteiger partial charge on any atom is 0.242 e. The maximum absolute atomic E-state index is 12.3. The van der Waals surface area contributed by atoms with Gasteiger partial charge in [0.2, 0.25) is 17.7 Å². The number of aryl methyl sites for hydroxylation is 1. The van der Waals surface area contributed by atoms with Crippen molar-refractivity contribution in [2.45, 2.75) is 59.4 Å². The van der Waals surface area contributed by atoms with E-state index in [9.17, 15) is 18.8 Å². The second-order valence-electron chi connectivity index (χ2n) is 9.56. The first kappa shape index (κ1) is 37.6. The lowest BCUT2D eigenvalue weighted by Gasteiger charge is -2.22. The van der Waals surface area contributed by atoms with Crippen LogP contribution in [-0.4, -0.2) is 74.3 Å². The minimum atomic E-state index is -0.418. The van der Waals surface area contributed by atoms with Gasteiger partial charge in [-0.1, -0.05) is 48.9 Å². The molecule has 0 aromatic heterocycles. The predicted molar refractivity (Wildman–Crippen MR) is 159 cm³/mol. The molecule has 1 aromatic rings. The molecule has 0 aliphatic heterocycles. The number of hydrogen-bond donors (Lipinski definition) is 2. The largest absolute Gasteiger partial charge is 0.346 e. The van der Waals surface area contributed by atoms with E-state index < -0.39 is 6.04 Å². The van der Waals surface area contributed by atoms with Crippen LogP contribution in [0.1, 0.15) is 52.0 Å². The number of hydrogen-bond acceptors (Lipinski definition) is 4. The van der Waals surface area contributed by atoms with E-state index in [0.29, 0.717) is 13.0 Å². The van der Waals surface area contributed by atoms with Crippen molar-refractivity contribution in [3.63, 3.8) is 0 Å². The van der Waals surface area contributed by atoms with Crippen molar-refractivity contribution in [1.29, 1.82) is 0 Å². The van der Waals surface area contributed by atoms with E-state index in [1.165, 1.54) is 17.0 Å². The van der Waals surface area contributed by atoms with Gasteiger partial charge in [0, 0.05) is 25.1 Å². The van der Waals surface area contributed by atoms with Gasteiger partial charge in [0.1, 0.15) is 5.82 Å². The third-order valence-electron chi connectivity index (χ3n) is 4.98. The van der Waals surface area contributed by atoms with Crippen molar-refractivity contribution >= 4 is 33.7 Å². The van der Waals surface area contributed by atoms with Crippen molar-refractivity contribution in [3.8, 4) is 0 Å². The number of amides is 3. The summed E-state index contributed by atoms with van der Waals surface area (Å²) in [5, 5.41) is 5.43. The number of nitrogens with one attached hydrogen (secondary N) is 2. The number of halogens is 2. The molecule has 0 aliphatic carbocycles. The molecule has 216 valence electrons. The molecule has 0 spiro atoms. The molecule has 0 saturated heterocycles. The monoisotopic (exact) mass is 598 g/mol. The summed E-state index contributed by atoms with van der Waals surface area (Å²) in [7, 11) is 4.95. The van der Waals surface area contributed by atoms with E-state index in [-0.39, 0.29) is 36.6 Å². The molecular formula is C29H48BrFN4O3. The third-order valence-corrected chi connectivity index (χ3v) is 5.87. The number of nitrogens with zero attached hydrogens (tertiary/aromatic N) is 2. The Bertz CT molecular complexity index is 861. The zero-order valence-corrected chi connectivity index (χ0v) is 25.9. The first-order valence-electron chi connectivity index (χ1n) is 12.9. The van der Waals surface area contributed by atoms with Gasteiger partial charge in [0.15, 0.2) is 0 Å². The van der Waals surface area contributed by atoms with Crippen LogP contribution >= 0.6 is 15.9 Å². The number of carbonyl (C=O) groups is 3. The number of allylic oxidation sites excluding steroid dienone is 1. The van der Waals surface area contributed by atoms with Crippen molar-refractivity contribution in [2.75, 3.05) is 40.8 Å². The summed E-state index contributed by atoms with van der Waals surface area (Å²) < 4.78 is 13.3. The van der Waals surface area contributed by atoms with Crippen LogP contribution in [0, 0.1) is 18.7 Å². The molecule has 0 fully saturated rings. The normalized spacial score (nSPS) is 10.7. The van der Waals surface area contributed by atoms with Gasteiger partial charge in [-0.3, -0.25) is 14.4 Å². The Kier molecular flexibility index (Phi) is 22.2. The molecule has 2 N–H and O–H groups in total. The van der Waals surface area contributed by atoms with Gasteiger partial charge in [-0.2, -0.15) is 0 Å². The second-order valence-corrected chi connectivity index (χ2v) is 10.4. The molecule has 0 saturated carbocycles. The third kappa shape index (κ3) is 19.6. The number of likely N-dealkylation sites (N-methyl/N-ethyl adjacent to an activating group) is 3. The SMILES string of the molecule is C=CCCCCN(C)C(=O)CN(C)C(=O)CNC(=O)C(CC=C)NC.CC(C)C.Cc1cc(F)ccc1Br. The number of carbonyl (C=O) groups excluding carboxylic acids is 3. The van der Waals surface area contributed by atoms with E-state index in [0.717, 1.165) is 35.2 Å². The Morgan fingerprint density at radius 2 is 1.66 bits per heavy atom. The molecule has 9 heteroatoms. The summed E-state index contributed by atoms with van der Waals surface area (Å²) >= 11 is 3.26. The molecule has 7 nitrogen and oxygen atoms in total. The average molecular weight is 600 g/mol. The Morgan fingerprint density at radius 1 is 1.05 bits per heavy atom. The van der Waals surface area contributed by atoms with Gasteiger partial charge in [-0.25, -0.2) is 4.39 Å². The molecule has 0 aliphatic rings. The van der Waals surface area contributed by atoms with Gasteiger partial charge in [-0.05, 0) is 69.3 Å². The average Bonchev–Trinajstić information content (AvgIpc) is 2.85. The number of unbranched alkanes of at least 4 members (excludes halogenated alkanes) is 2. The fourth-order valence-electron chi connectivity index (χ4n) is 2.73. The molecule has 1 aromatic carbocycles. The van der Waals surface area contributed by atoms with Crippen molar-refractivity contribution in [3.05, 3.63) is 59.4 Å². The minimum absolute atomic E-state index is 0.00518. The highest BCUT2D eigenvalue weighted by atomic mass is 79.9. The Labute approximate surface area is 238 Å². The zero-order valence-electron chi connectivity index (χ0n) is 24.3. The molecule has 1 rings (SSSR count).